The standard InChI is InChI=1S/C19H24N2O4/c1-13-6-9-20(10-7-13)19(23)15-3-2-8-21(15)18(22)14-4-5-16-17(11-14)25-12-24-16/h4-5,11,13,15H,2-3,6-10,12H2,1H3/t15-/m1/s1. The second-order valence-corrected chi connectivity index (χ2v) is 7.23. The maximum atomic E-state index is 13.0. The lowest BCUT2D eigenvalue weighted by Gasteiger charge is -2.34. The van der Waals surface area contributed by atoms with Crippen molar-refractivity contribution in [1.82, 2.24) is 9.80 Å². The van der Waals surface area contributed by atoms with E-state index in [2.05, 4.69) is 6.92 Å². The molecule has 0 spiro atoms. The van der Waals surface area contributed by atoms with Gasteiger partial charge < -0.3 is 19.3 Å². The minimum Gasteiger partial charge on any atom is -0.454 e. The van der Waals surface area contributed by atoms with Crippen LogP contribution in [0, 0.1) is 5.92 Å². The molecule has 1 atom stereocenters. The molecule has 0 bridgehead atoms. The molecule has 6 heteroatoms. The third-order valence-electron chi connectivity index (χ3n) is 5.51. The summed E-state index contributed by atoms with van der Waals surface area (Å²) in [6, 6.07) is 4.89. The fraction of sp³-hybridized carbons (Fsp3) is 0.579. The third kappa shape index (κ3) is 3.05. The first-order valence-corrected chi connectivity index (χ1v) is 9.13. The molecule has 0 radical (unpaired) electrons. The Morgan fingerprint density at radius 2 is 1.80 bits per heavy atom. The summed E-state index contributed by atoms with van der Waals surface area (Å²) < 4.78 is 10.7. The number of ether oxygens (including phenoxy) is 2. The molecule has 0 saturated carbocycles. The van der Waals surface area contributed by atoms with Crippen LogP contribution < -0.4 is 9.47 Å². The van der Waals surface area contributed by atoms with Gasteiger partial charge in [0.2, 0.25) is 12.7 Å². The van der Waals surface area contributed by atoms with Gasteiger partial charge in [-0.3, -0.25) is 9.59 Å². The zero-order valence-corrected chi connectivity index (χ0v) is 14.6. The maximum Gasteiger partial charge on any atom is 0.254 e. The quantitative estimate of drug-likeness (QED) is 0.826. The molecule has 2 saturated heterocycles. The summed E-state index contributed by atoms with van der Waals surface area (Å²) in [6.45, 7) is 4.66. The number of carbonyl (C=O) groups is 2. The Bertz CT molecular complexity index is 682. The summed E-state index contributed by atoms with van der Waals surface area (Å²) >= 11 is 0. The van der Waals surface area contributed by atoms with Crippen LogP contribution in [0.2, 0.25) is 0 Å². The summed E-state index contributed by atoms with van der Waals surface area (Å²) in [5.74, 6) is 1.95. The number of hydrogen-bond acceptors (Lipinski definition) is 4. The van der Waals surface area contributed by atoms with E-state index in [0.717, 1.165) is 38.8 Å². The summed E-state index contributed by atoms with van der Waals surface area (Å²) in [6.07, 6.45) is 3.72. The monoisotopic (exact) mass is 344 g/mol. The van der Waals surface area contributed by atoms with Gasteiger partial charge in [0.15, 0.2) is 11.5 Å². The molecule has 4 rings (SSSR count). The van der Waals surface area contributed by atoms with Crippen molar-refractivity contribution in [3.8, 4) is 11.5 Å². The fourth-order valence-corrected chi connectivity index (χ4v) is 3.90. The van der Waals surface area contributed by atoms with Gasteiger partial charge in [-0.15, -0.1) is 0 Å². The van der Waals surface area contributed by atoms with E-state index < -0.39 is 0 Å². The first-order valence-electron chi connectivity index (χ1n) is 9.13. The van der Waals surface area contributed by atoms with Crippen LogP contribution in [0.25, 0.3) is 0 Å². The van der Waals surface area contributed by atoms with Crippen molar-refractivity contribution in [2.24, 2.45) is 5.92 Å². The van der Waals surface area contributed by atoms with Crippen LogP contribution in [-0.4, -0.2) is 54.1 Å². The molecule has 134 valence electrons. The van der Waals surface area contributed by atoms with E-state index in [9.17, 15) is 9.59 Å². The highest BCUT2D eigenvalue weighted by Crippen LogP contribution is 2.33. The molecule has 2 fully saturated rings. The molecule has 6 nitrogen and oxygen atoms in total. The van der Waals surface area contributed by atoms with Crippen molar-refractivity contribution in [2.75, 3.05) is 26.4 Å². The lowest BCUT2D eigenvalue weighted by atomic mass is 9.98. The summed E-state index contributed by atoms with van der Waals surface area (Å²) in [7, 11) is 0. The first kappa shape index (κ1) is 16.2. The number of benzene rings is 1. The van der Waals surface area contributed by atoms with Crippen LogP contribution in [0.3, 0.4) is 0 Å². The lowest BCUT2D eigenvalue weighted by molar-refractivity contribution is -0.136. The predicted octanol–water partition coefficient (Wildman–Crippen LogP) is 2.28. The van der Waals surface area contributed by atoms with E-state index >= 15 is 0 Å². The van der Waals surface area contributed by atoms with Gasteiger partial charge in [-0.25, -0.2) is 0 Å². The van der Waals surface area contributed by atoms with E-state index in [4.69, 9.17) is 9.47 Å². The number of amides is 2. The molecule has 2 amide bonds. The molecule has 25 heavy (non-hydrogen) atoms. The number of piperidine rings is 1. The molecular formula is C19H24N2O4. The van der Waals surface area contributed by atoms with Crippen molar-refractivity contribution in [3.63, 3.8) is 0 Å². The normalized spacial score (nSPS) is 23.2. The van der Waals surface area contributed by atoms with E-state index in [-0.39, 0.29) is 24.6 Å². The van der Waals surface area contributed by atoms with Gasteiger partial charge in [0.1, 0.15) is 6.04 Å². The number of hydrogen-bond donors (Lipinski definition) is 0. The van der Waals surface area contributed by atoms with Gasteiger partial charge in [-0.2, -0.15) is 0 Å². The number of fused-ring (bicyclic) bond motifs is 1. The van der Waals surface area contributed by atoms with Crippen LogP contribution in [0.5, 0.6) is 11.5 Å². The van der Waals surface area contributed by atoms with Gasteiger partial charge in [0.05, 0.1) is 0 Å². The third-order valence-corrected chi connectivity index (χ3v) is 5.51. The molecule has 3 heterocycles. The van der Waals surface area contributed by atoms with Crippen LogP contribution in [0.15, 0.2) is 18.2 Å². The van der Waals surface area contributed by atoms with Gasteiger partial charge in [0, 0.05) is 25.2 Å². The molecular weight excluding hydrogens is 320 g/mol. The molecule has 0 aliphatic carbocycles. The molecule has 0 N–H and O–H groups in total. The average Bonchev–Trinajstić information content (AvgIpc) is 3.29. The minimum atomic E-state index is -0.327. The molecule has 3 aliphatic heterocycles. The Morgan fingerprint density at radius 1 is 1.04 bits per heavy atom. The summed E-state index contributed by atoms with van der Waals surface area (Å²) in [5, 5.41) is 0. The maximum absolute atomic E-state index is 13.0. The molecule has 0 unspecified atom stereocenters. The number of likely N-dealkylation sites (tertiary alicyclic amines) is 2. The largest absolute Gasteiger partial charge is 0.454 e. The highest BCUT2D eigenvalue weighted by molar-refractivity contribution is 5.98. The second kappa shape index (κ2) is 6.58. The van der Waals surface area contributed by atoms with Gasteiger partial charge in [-0.05, 0) is 49.8 Å². The number of rotatable bonds is 2. The van der Waals surface area contributed by atoms with E-state index in [1.807, 2.05) is 4.90 Å². The molecule has 0 aromatic heterocycles. The Labute approximate surface area is 147 Å². The Morgan fingerprint density at radius 3 is 2.60 bits per heavy atom. The Kier molecular flexibility index (Phi) is 4.27. The van der Waals surface area contributed by atoms with E-state index in [0.29, 0.717) is 29.5 Å². The molecule has 1 aromatic carbocycles. The van der Waals surface area contributed by atoms with Crippen molar-refractivity contribution in [1.29, 1.82) is 0 Å². The van der Waals surface area contributed by atoms with E-state index in [1.165, 1.54) is 0 Å². The average molecular weight is 344 g/mol. The molecule has 3 aliphatic rings. The second-order valence-electron chi connectivity index (χ2n) is 7.23. The Balaban J connectivity index is 1.49. The van der Waals surface area contributed by atoms with Crippen LogP contribution >= 0.6 is 0 Å². The fourth-order valence-electron chi connectivity index (χ4n) is 3.90. The topological polar surface area (TPSA) is 59.1 Å². The van der Waals surface area contributed by atoms with Crippen LogP contribution in [0.1, 0.15) is 43.0 Å². The van der Waals surface area contributed by atoms with Crippen molar-refractivity contribution >= 4 is 11.8 Å². The Hall–Kier alpha value is -2.24. The van der Waals surface area contributed by atoms with Gasteiger partial charge >= 0.3 is 0 Å². The van der Waals surface area contributed by atoms with Crippen LogP contribution in [-0.2, 0) is 4.79 Å². The SMILES string of the molecule is CC1CCN(C(=O)[C@H]2CCCN2C(=O)c2ccc3c(c2)OCO3)CC1. The van der Waals surface area contributed by atoms with Crippen molar-refractivity contribution < 1.29 is 19.1 Å². The minimum absolute atomic E-state index is 0.0977. The van der Waals surface area contributed by atoms with Crippen LogP contribution in [0.4, 0.5) is 0 Å². The van der Waals surface area contributed by atoms with Gasteiger partial charge in [0.25, 0.3) is 5.91 Å². The van der Waals surface area contributed by atoms with Gasteiger partial charge in [-0.1, -0.05) is 6.92 Å². The predicted molar refractivity (Wildman–Crippen MR) is 91.6 cm³/mol. The number of nitrogens with zero attached hydrogens (tertiary/aromatic N) is 2. The van der Waals surface area contributed by atoms with E-state index in [1.54, 1.807) is 23.1 Å². The zero-order chi connectivity index (χ0) is 17.4. The molecule has 1 aromatic rings. The summed E-state index contributed by atoms with van der Waals surface area (Å²) in [4.78, 5) is 29.6. The highest BCUT2D eigenvalue weighted by atomic mass is 16.7. The summed E-state index contributed by atoms with van der Waals surface area (Å²) in [5.41, 5.74) is 0.552. The lowest BCUT2D eigenvalue weighted by Crippen LogP contribution is -2.49. The number of carbonyl (C=O) groups excluding carboxylic acids is 2. The van der Waals surface area contributed by atoms with Crippen molar-refractivity contribution in [2.45, 2.75) is 38.6 Å². The smallest absolute Gasteiger partial charge is 0.254 e. The highest BCUT2D eigenvalue weighted by Gasteiger charge is 2.37. The first-order chi connectivity index (χ1) is 12.1. The van der Waals surface area contributed by atoms with Crippen molar-refractivity contribution in [3.05, 3.63) is 23.8 Å². The zero-order valence-electron chi connectivity index (χ0n) is 14.6.